The van der Waals surface area contributed by atoms with E-state index in [9.17, 15) is 9.46 Å². The zero-order chi connectivity index (χ0) is 13.5. The van der Waals surface area contributed by atoms with E-state index in [2.05, 4.69) is 13.9 Å². The van der Waals surface area contributed by atoms with Crippen LogP contribution in [0.25, 0.3) is 0 Å². The lowest BCUT2D eigenvalue weighted by Crippen LogP contribution is -2.37. The average molecular weight is 272 g/mol. The topological polar surface area (TPSA) is 114 Å². The predicted molar refractivity (Wildman–Crippen MR) is 58.6 cm³/mol. The molecule has 0 aliphatic rings. The maximum absolute atomic E-state index is 11.3. The monoisotopic (exact) mass is 272 g/mol. The zero-order valence-corrected chi connectivity index (χ0v) is 11.3. The summed E-state index contributed by atoms with van der Waals surface area (Å²) >= 11 is 0. The molecule has 0 fully saturated rings. The van der Waals surface area contributed by atoms with Gasteiger partial charge in [-0.2, -0.15) is 0 Å². The third kappa shape index (κ3) is 9.63. The van der Waals surface area contributed by atoms with Crippen molar-refractivity contribution in [3.05, 3.63) is 0 Å². The van der Waals surface area contributed by atoms with Gasteiger partial charge in [0.1, 0.15) is 19.3 Å². The lowest BCUT2D eigenvalue weighted by Gasteiger charge is -2.27. The SMILES string of the molecule is C[N+](C)(C)CCOP(=O)([O-])OCC(CO)ON. The Labute approximate surface area is 101 Å². The number of aliphatic hydroxyl groups is 1. The summed E-state index contributed by atoms with van der Waals surface area (Å²) < 4.78 is 20.9. The van der Waals surface area contributed by atoms with Crippen LogP contribution in [-0.2, 0) is 18.5 Å². The Balaban J connectivity index is 3.92. The fourth-order valence-electron chi connectivity index (χ4n) is 0.773. The van der Waals surface area contributed by atoms with Gasteiger partial charge in [-0.1, -0.05) is 0 Å². The van der Waals surface area contributed by atoms with E-state index in [1.807, 2.05) is 21.1 Å². The van der Waals surface area contributed by atoms with Gasteiger partial charge in [0.2, 0.25) is 0 Å². The fraction of sp³-hybridized carbons (Fsp3) is 1.00. The molecule has 0 aliphatic carbocycles. The number of nitrogens with zero attached hydrogens (tertiary/aromatic N) is 1. The smallest absolute Gasteiger partial charge is 0.268 e. The molecule has 0 heterocycles. The molecule has 9 heteroatoms. The summed E-state index contributed by atoms with van der Waals surface area (Å²) in [6.45, 7) is -0.266. The molecule has 0 aliphatic heterocycles. The number of hydrogen-bond acceptors (Lipinski definition) is 7. The van der Waals surface area contributed by atoms with E-state index in [0.29, 0.717) is 11.0 Å². The molecule has 0 spiro atoms. The van der Waals surface area contributed by atoms with E-state index in [0.717, 1.165) is 0 Å². The highest BCUT2D eigenvalue weighted by molar-refractivity contribution is 7.45. The molecule has 0 radical (unpaired) electrons. The van der Waals surface area contributed by atoms with Gasteiger partial charge in [-0.25, -0.2) is 5.90 Å². The molecule has 0 aromatic rings. The van der Waals surface area contributed by atoms with Gasteiger partial charge < -0.3 is 23.5 Å². The van der Waals surface area contributed by atoms with Crippen LogP contribution in [0.2, 0.25) is 0 Å². The number of phosphoric ester groups is 1. The summed E-state index contributed by atoms with van der Waals surface area (Å²) in [5.41, 5.74) is 0. The van der Waals surface area contributed by atoms with Crippen molar-refractivity contribution in [3.8, 4) is 0 Å². The summed E-state index contributed by atoms with van der Waals surface area (Å²) in [6, 6.07) is 0. The van der Waals surface area contributed by atoms with Crippen LogP contribution >= 0.6 is 7.82 Å². The van der Waals surface area contributed by atoms with Gasteiger partial charge in [0, 0.05) is 0 Å². The lowest BCUT2D eigenvalue weighted by atomic mass is 10.4. The quantitative estimate of drug-likeness (QED) is 0.296. The molecule has 0 aromatic carbocycles. The Bertz CT molecular complexity index is 253. The molecule has 0 saturated heterocycles. The van der Waals surface area contributed by atoms with Crippen LogP contribution in [0.4, 0.5) is 0 Å². The summed E-state index contributed by atoms with van der Waals surface area (Å²) in [5.74, 6) is 4.79. The lowest BCUT2D eigenvalue weighted by molar-refractivity contribution is -0.870. The van der Waals surface area contributed by atoms with Crippen molar-refractivity contribution >= 4 is 7.82 Å². The Kier molecular flexibility index (Phi) is 7.38. The molecule has 0 amide bonds. The molecule has 0 aromatic heterocycles. The van der Waals surface area contributed by atoms with Gasteiger partial charge in [0.15, 0.2) is 0 Å². The number of aliphatic hydroxyl groups excluding tert-OH is 1. The minimum atomic E-state index is -4.37. The van der Waals surface area contributed by atoms with Crippen LogP contribution in [0.1, 0.15) is 0 Å². The second-order valence-electron chi connectivity index (χ2n) is 4.53. The molecule has 2 unspecified atom stereocenters. The minimum absolute atomic E-state index is 0.0253. The molecule has 3 N–H and O–H groups in total. The van der Waals surface area contributed by atoms with Crippen LogP contribution in [-0.4, -0.2) is 63.2 Å². The number of hydrogen-bond donors (Lipinski definition) is 2. The number of rotatable bonds is 9. The van der Waals surface area contributed by atoms with Crippen LogP contribution < -0.4 is 10.8 Å². The van der Waals surface area contributed by atoms with Crippen molar-refractivity contribution in [3.63, 3.8) is 0 Å². The molecule has 0 rings (SSSR count). The minimum Gasteiger partial charge on any atom is -0.756 e. The molecular formula is C8H21N2O6P. The van der Waals surface area contributed by atoms with Crippen molar-refractivity contribution in [2.24, 2.45) is 5.90 Å². The maximum Gasteiger partial charge on any atom is 0.268 e. The molecule has 104 valence electrons. The van der Waals surface area contributed by atoms with E-state index in [1.165, 1.54) is 0 Å². The van der Waals surface area contributed by atoms with Crippen molar-refractivity contribution in [1.29, 1.82) is 0 Å². The van der Waals surface area contributed by atoms with Gasteiger partial charge in [0.05, 0.1) is 34.4 Å². The van der Waals surface area contributed by atoms with E-state index in [4.69, 9.17) is 11.0 Å². The van der Waals surface area contributed by atoms with Crippen molar-refractivity contribution in [2.75, 3.05) is 47.5 Å². The first-order valence-electron chi connectivity index (χ1n) is 5.07. The fourth-order valence-corrected chi connectivity index (χ4v) is 1.50. The number of phosphoric acid groups is 1. The molecule has 17 heavy (non-hydrogen) atoms. The van der Waals surface area contributed by atoms with Crippen LogP contribution in [0.3, 0.4) is 0 Å². The highest BCUT2D eigenvalue weighted by Crippen LogP contribution is 2.38. The standard InChI is InChI=1S/C8H21N2O6P/c1-10(2,3)4-5-14-17(12,13)15-7-8(6-11)16-9/h8,11H,4-7,9H2,1-3H3. The summed E-state index contributed by atoms with van der Waals surface area (Å²) in [5, 5.41) is 8.69. The van der Waals surface area contributed by atoms with Gasteiger partial charge in [0.25, 0.3) is 7.82 Å². The van der Waals surface area contributed by atoms with E-state index in [1.54, 1.807) is 0 Å². The third-order valence-corrected chi connectivity index (χ3v) is 2.79. The van der Waals surface area contributed by atoms with Gasteiger partial charge >= 0.3 is 0 Å². The van der Waals surface area contributed by atoms with E-state index >= 15 is 0 Å². The summed E-state index contributed by atoms with van der Waals surface area (Å²) in [4.78, 5) is 15.5. The summed E-state index contributed by atoms with van der Waals surface area (Å²) in [7, 11) is 1.35. The average Bonchev–Trinajstić information content (AvgIpc) is 2.16. The highest BCUT2D eigenvalue weighted by atomic mass is 31.2. The molecule has 0 saturated carbocycles. The first-order valence-corrected chi connectivity index (χ1v) is 6.53. The van der Waals surface area contributed by atoms with Crippen LogP contribution in [0, 0.1) is 0 Å². The van der Waals surface area contributed by atoms with Crippen LogP contribution in [0.5, 0.6) is 0 Å². The number of likely N-dealkylation sites (N-methyl/N-ethyl adjacent to an activating group) is 1. The second-order valence-corrected chi connectivity index (χ2v) is 5.94. The molecular weight excluding hydrogens is 251 g/mol. The van der Waals surface area contributed by atoms with Crippen molar-refractivity contribution in [2.45, 2.75) is 6.10 Å². The van der Waals surface area contributed by atoms with Crippen molar-refractivity contribution in [1.82, 2.24) is 0 Å². The Morgan fingerprint density at radius 1 is 1.41 bits per heavy atom. The highest BCUT2D eigenvalue weighted by Gasteiger charge is 2.16. The summed E-state index contributed by atoms with van der Waals surface area (Å²) in [6.07, 6.45) is -0.890. The Hall–Kier alpha value is -0.0500. The van der Waals surface area contributed by atoms with Crippen LogP contribution in [0.15, 0.2) is 0 Å². The van der Waals surface area contributed by atoms with E-state index < -0.39 is 20.5 Å². The Morgan fingerprint density at radius 3 is 2.41 bits per heavy atom. The van der Waals surface area contributed by atoms with Gasteiger partial charge in [-0.15, -0.1) is 0 Å². The molecule has 0 bridgehead atoms. The van der Waals surface area contributed by atoms with Crippen molar-refractivity contribution < 1.29 is 32.9 Å². The number of quaternary nitrogens is 1. The first kappa shape index (κ1) is 16.9. The third-order valence-electron chi connectivity index (χ3n) is 1.83. The van der Waals surface area contributed by atoms with Gasteiger partial charge in [-0.05, 0) is 0 Å². The normalized spacial score (nSPS) is 17.8. The predicted octanol–water partition coefficient (Wildman–Crippen LogP) is -1.55. The molecule has 2 atom stereocenters. The van der Waals surface area contributed by atoms with Gasteiger partial charge in [-0.3, -0.25) is 9.40 Å². The number of nitrogens with two attached hydrogens (primary N) is 1. The maximum atomic E-state index is 11.3. The molecule has 8 nitrogen and oxygen atoms in total. The largest absolute Gasteiger partial charge is 0.756 e. The Morgan fingerprint density at radius 2 is 2.00 bits per heavy atom. The van der Waals surface area contributed by atoms with E-state index in [-0.39, 0.29) is 13.2 Å². The zero-order valence-electron chi connectivity index (χ0n) is 10.4. The second kappa shape index (κ2) is 7.40. The first-order chi connectivity index (χ1) is 7.70.